The zero-order valence-electron chi connectivity index (χ0n) is 7.77. The first-order valence-corrected chi connectivity index (χ1v) is 4.58. The Morgan fingerprint density at radius 2 is 2.29 bits per heavy atom. The number of esters is 1. The molecule has 5 heteroatoms. The van der Waals surface area contributed by atoms with E-state index in [9.17, 15) is 14.7 Å². The van der Waals surface area contributed by atoms with Crippen LogP contribution in [0.15, 0.2) is 0 Å². The fourth-order valence-corrected chi connectivity index (χ4v) is 2.30. The van der Waals surface area contributed by atoms with Crippen LogP contribution >= 0.6 is 0 Å². The lowest BCUT2D eigenvalue weighted by atomic mass is 9.73. The Kier molecular flexibility index (Phi) is 1.82. The van der Waals surface area contributed by atoms with Gasteiger partial charge >= 0.3 is 11.9 Å². The minimum absolute atomic E-state index is 0.0994. The number of aliphatic hydroxyl groups is 1. The summed E-state index contributed by atoms with van der Waals surface area (Å²) >= 11 is 0. The van der Waals surface area contributed by atoms with Crippen LogP contribution in [0.25, 0.3) is 0 Å². The molecule has 1 heterocycles. The molecule has 0 aromatic rings. The predicted molar refractivity (Wildman–Crippen MR) is 44.4 cm³/mol. The first-order chi connectivity index (χ1) is 6.44. The van der Waals surface area contributed by atoms with Crippen LogP contribution in [-0.4, -0.2) is 33.9 Å². The van der Waals surface area contributed by atoms with Gasteiger partial charge in [0.1, 0.15) is 5.60 Å². The van der Waals surface area contributed by atoms with Crippen molar-refractivity contribution in [1.29, 1.82) is 0 Å². The van der Waals surface area contributed by atoms with Crippen molar-refractivity contribution in [2.75, 3.05) is 0 Å². The number of carbonyl (C=O) groups is 2. The second-order valence-electron chi connectivity index (χ2n) is 4.24. The molecule has 0 spiro atoms. The maximum absolute atomic E-state index is 11.3. The van der Waals surface area contributed by atoms with E-state index in [1.54, 1.807) is 6.92 Å². The molecule has 0 amide bonds. The first-order valence-electron chi connectivity index (χ1n) is 4.58. The van der Waals surface area contributed by atoms with E-state index < -0.39 is 35.5 Å². The minimum Gasteiger partial charge on any atom is -0.481 e. The zero-order valence-corrected chi connectivity index (χ0v) is 7.77. The fourth-order valence-electron chi connectivity index (χ4n) is 2.30. The Hall–Kier alpha value is -1.10. The number of hydrogen-bond acceptors (Lipinski definition) is 4. The number of rotatable bonds is 1. The Balaban J connectivity index is 2.30. The van der Waals surface area contributed by atoms with Crippen LogP contribution in [0.2, 0.25) is 0 Å². The van der Waals surface area contributed by atoms with E-state index in [2.05, 4.69) is 0 Å². The van der Waals surface area contributed by atoms with Gasteiger partial charge in [-0.15, -0.1) is 0 Å². The lowest BCUT2D eigenvalue weighted by molar-refractivity contribution is -0.155. The Labute approximate surface area is 80.7 Å². The van der Waals surface area contributed by atoms with Gasteiger partial charge in [-0.05, 0) is 13.3 Å². The van der Waals surface area contributed by atoms with Crippen LogP contribution < -0.4 is 0 Å². The van der Waals surface area contributed by atoms with E-state index in [0.29, 0.717) is 6.42 Å². The van der Waals surface area contributed by atoms with Gasteiger partial charge in [0.15, 0.2) is 0 Å². The van der Waals surface area contributed by atoms with Gasteiger partial charge in [0.2, 0.25) is 0 Å². The Bertz CT molecular complexity index is 300. The van der Waals surface area contributed by atoms with Gasteiger partial charge in [-0.25, -0.2) is 0 Å². The predicted octanol–water partition coefficient (Wildman–Crippen LogP) is -0.226. The van der Waals surface area contributed by atoms with Crippen LogP contribution in [0, 0.1) is 11.8 Å². The SMILES string of the molecule is C[C@]12C[C@H](C(=O)O1)[C@H](C(=O)O)C[C@H]2O. The minimum atomic E-state index is -1.03. The molecule has 14 heavy (non-hydrogen) atoms. The van der Waals surface area contributed by atoms with Gasteiger partial charge in [-0.3, -0.25) is 9.59 Å². The number of hydrogen-bond donors (Lipinski definition) is 2. The fraction of sp³-hybridized carbons (Fsp3) is 0.778. The van der Waals surface area contributed by atoms with Crippen molar-refractivity contribution in [2.24, 2.45) is 11.8 Å². The Morgan fingerprint density at radius 1 is 1.64 bits per heavy atom. The van der Waals surface area contributed by atoms with Gasteiger partial charge in [0, 0.05) is 6.42 Å². The van der Waals surface area contributed by atoms with Gasteiger partial charge < -0.3 is 14.9 Å². The van der Waals surface area contributed by atoms with Crippen molar-refractivity contribution < 1.29 is 24.5 Å². The molecule has 78 valence electrons. The van der Waals surface area contributed by atoms with Crippen molar-refractivity contribution in [3.63, 3.8) is 0 Å². The van der Waals surface area contributed by atoms with Gasteiger partial charge in [0.25, 0.3) is 0 Å². The highest BCUT2D eigenvalue weighted by Gasteiger charge is 2.57. The summed E-state index contributed by atoms with van der Waals surface area (Å²) in [6, 6.07) is 0. The molecule has 5 nitrogen and oxygen atoms in total. The second kappa shape index (κ2) is 2.70. The van der Waals surface area contributed by atoms with Crippen LogP contribution in [-0.2, 0) is 14.3 Å². The van der Waals surface area contributed by atoms with Crippen LogP contribution in [0.4, 0.5) is 0 Å². The quantitative estimate of drug-likeness (QED) is 0.571. The van der Waals surface area contributed by atoms with Crippen LogP contribution in [0.1, 0.15) is 19.8 Å². The molecule has 0 radical (unpaired) electrons. The summed E-state index contributed by atoms with van der Waals surface area (Å²) in [4.78, 5) is 22.1. The lowest BCUT2D eigenvalue weighted by Gasteiger charge is -2.33. The Morgan fingerprint density at radius 3 is 2.86 bits per heavy atom. The van der Waals surface area contributed by atoms with Gasteiger partial charge in [-0.2, -0.15) is 0 Å². The maximum Gasteiger partial charge on any atom is 0.310 e. The molecule has 0 aromatic heterocycles. The average molecular weight is 200 g/mol. The van der Waals surface area contributed by atoms with E-state index in [1.165, 1.54) is 0 Å². The number of fused-ring (bicyclic) bond motifs is 2. The molecule has 1 aliphatic carbocycles. The molecular weight excluding hydrogens is 188 g/mol. The summed E-state index contributed by atoms with van der Waals surface area (Å²) < 4.78 is 5.01. The molecule has 1 saturated carbocycles. The van der Waals surface area contributed by atoms with Crippen molar-refractivity contribution in [1.82, 2.24) is 0 Å². The first kappa shape index (κ1) is 9.45. The van der Waals surface area contributed by atoms with Crippen LogP contribution in [0.5, 0.6) is 0 Å². The highest BCUT2D eigenvalue weighted by molar-refractivity contribution is 5.83. The molecular formula is C9H12O5. The van der Waals surface area contributed by atoms with Crippen molar-refractivity contribution in [2.45, 2.75) is 31.5 Å². The standard InChI is InChI=1S/C9H12O5/c1-9-3-5(8(13)14-9)4(7(11)12)2-6(9)10/h4-6,10H,2-3H2,1H3,(H,11,12)/t4-,5+,6-,9-/m1/s1. The normalized spacial score (nSPS) is 46.1. The van der Waals surface area contributed by atoms with Crippen molar-refractivity contribution >= 4 is 11.9 Å². The smallest absolute Gasteiger partial charge is 0.310 e. The maximum atomic E-state index is 11.3. The molecule has 0 unspecified atom stereocenters. The molecule has 1 saturated heterocycles. The van der Waals surface area contributed by atoms with E-state index in [0.717, 1.165) is 0 Å². The van der Waals surface area contributed by atoms with E-state index in [4.69, 9.17) is 9.84 Å². The van der Waals surface area contributed by atoms with Gasteiger partial charge in [0.05, 0.1) is 17.9 Å². The molecule has 1 aliphatic heterocycles. The zero-order chi connectivity index (χ0) is 10.5. The third-order valence-electron chi connectivity index (χ3n) is 3.25. The van der Waals surface area contributed by atoms with Crippen molar-refractivity contribution in [3.8, 4) is 0 Å². The molecule has 4 atom stereocenters. The van der Waals surface area contributed by atoms with Crippen molar-refractivity contribution in [3.05, 3.63) is 0 Å². The lowest BCUT2D eigenvalue weighted by Crippen LogP contribution is -2.45. The third-order valence-corrected chi connectivity index (χ3v) is 3.25. The third kappa shape index (κ3) is 1.12. The summed E-state index contributed by atoms with van der Waals surface area (Å²) in [5, 5.41) is 18.5. The number of aliphatic carboxylic acids is 1. The highest BCUT2D eigenvalue weighted by atomic mass is 16.6. The molecule has 2 N–H and O–H groups in total. The van der Waals surface area contributed by atoms with Crippen LogP contribution in [0.3, 0.4) is 0 Å². The topological polar surface area (TPSA) is 83.8 Å². The molecule has 0 aromatic carbocycles. The summed E-state index contributed by atoms with van der Waals surface area (Å²) in [7, 11) is 0. The number of aliphatic hydroxyl groups excluding tert-OH is 1. The largest absolute Gasteiger partial charge is 0.481 e. The highest BCUT2D eigenvalue weighted by Crippen LogP contribution is 2.45. The van der Waals surface area contributed by atoms with E-state index in [1.807, 2.05) is 0 Å². The summed E-state index contributed by atoms with van der Waals surface area (Å²) in [5.74, 6) is -2.90. The monoisotopic (exact) mass is 200 g/mol. The average Bonchev–Trinajstić information content (AvgIpc) is 2.33. The summed E-state index contributed by atoms with van der Waals surface area (Å²) in [6.45, 7) is 1.65. The molecule has 2 aliphatic rings. The summed E-state index contributed by atoms with van der Waals surface area (Å²) in [6.07, 6.45) is -0.460. The number of carboxylic acids is 1. The molecule has 2 rings (SSSR count). The number of carbonyl (C=O) groups excluding carboxylic acids is 1. The molecule has 2 bridgehead atoms. The second-order valence-corrected chi connectivity index (χ2v) is 4.24. The van der Waals surface area contributed by atoms with E-state index in [-0.39, 0.29) is 6.42 Å². The van der Waals surface area contributed by atoms with Gasteiger partial charge in [-0.1, -0.05) is 0 Å². The molecule has 2 fully saturated rings. The summed E-state index contributed by atoms with van der Waals surface area (Å²) in [5.41, 5.74) is -0.867. The number of ether oxygens (including phenoxy) is 1. The number of carboxylic acid groups (broad SMARTS) is 1. The van der Waals surface area contributed by atoms with E-state index >= 15 is 0 Å².